The van der Waals surface area contributed by atoms with Crippen molar-refractivity contribution in [3.63, 3.8) is 0 Å². The molecule has 0 saturated heterocycles. The van der Waals surface area contributed by atoms with Gasteiger partial charge in [0.2, 0.25) is 0 Å². The van der Waals surface area contributed by atoms with E-state index >= 15 is 0 Å². The second kappa shape index (κ2) is 3.19. The Hall–Kier alpha value is -0.610. The SMILES string of the molecule is Cc1nc(C2(N)CC2)nc2c1CSCC2. The van der Waals surface area contributed by atoms with E-state index in [0.717, 1.165) is 36.5 Å². The fourth-order valence-corrected chi connectivity index (χ4v) is 3.04. The van der Waals surface area contributed by atoms with Crippen LogP contribution in [-0.4, -0.2) is 15.7 Å². The summed E-state index contributed by atoms with van der Waals surface area (Å²) in [4.78, 5) is 9.23. The Kier molecular flexibility index (Phi) is 2.04. The van der Waals surface area contributed by atoms with Gasteiger partial charge in [-0.3, -0.25) is 0 Å². The minimum absolute atomic E-state index is 0.190. The largest absolute Gasteiger partial charge is 0.319 e. The highest BCUT2D eigenvalue weighted by Gasteiger charge is 2.43. The molecule has 2 N–H and O–H groups in total. The zero-order chi connectivity index (χ0) is 10.5. The Bertz CT molecular complexity index is 413. The van der Waals surface area contributed by atoms with Gasteiger partial charge in [0, 0.05) is 22.7 Å². The van der Waals surface area contributed by atoms with Crippen LogP contribution < -0.4 is 5.73 Å². The molecule has 4 heteroatoms. The number of nitrogens with zero attached hydrogens (tertiary/aromatic N) is 2. The van der Waals surface area contributed by atoms with Gasteiger partial charge in [-0.2, -0.15) is 11.8 Å². The first-order valence-corrected chi connectivity index (χ1v) is 6.58. The van der Waals surface area contributed by atoms with Gasteiger partial charge >= 0.3 is 0 Å². The standard InChI is InChI=1S/C11H15N3S/c1-7-8-6-15-5-2-9(8)14-10(13-7)11(12)3-4-11/h2-6,12H2,1H3. The van der Waals surface area contributed by atoms with Gasteiger partial charge in [0.15, 0.2) is 0 Å². The molecule has 80 valence electrons. The predicted molar refractivity (Wildman–Crippen MR) is 61.7 cm³/mol. The van der Waals surface area contributed by atoms with Gasteiger partial charge in [-0.15, -0.1) is 0 Å². The van der Waals surface area contributed by atoms with Gasteiger partial charge in [-0.1, -0.05) is 0 Å². The van der Waals surface area contributed by atoms with E-state index in [2.05, 4.69) is 16.9 Å². The maximum atomic E-state index is 6.14. The minimum Gasteiger partial charge on any atom is -0.319 e. The number of aromatic nitrogens is 2. The van der Waals surface area contributed by atoms with Gasteiger partial charge in [0.05, 0.1) is 5.54 Å². The van der Waals surface area contributed by atoms with E-state index in [0.29, 0.717) is 0 Å². The maximum absolute atomic E-state index is 6.14. The lowest BCUT2D eigenvalue weighted by Crippen LogP contribution is -2.25. The number of fused-ring (bicyclic) bond motifs is 1. The summed E-state index contributed by atoms with van der Waals surface area (Å²) in [6, 6.07) is 0. The lowest BCUT2D eigenvalue weighted by atomic mass is 10.1. The summed E-state index contributed by atoms with van der Waals surface area (Å²) in [5, 5.41) is 0. The molecule has 2 aliphatic rings. The number of hydrogen-bond donors (Lipinski definition) is 1. The maximum Gasteiger partial charge on any atom is 0.148 e. The summed E-state index contributed by atoms with van der Waals surface area (Å²) < 4.78 is 0. The summed E-state index contributed by atoms with van der Waals surface area (Å²) in [7, 11) is 0. The van der Waals surface area contributed by atoms with Crippen LogP contribution in [0.1, 0.15) is 35.6 Å². The first kappa shape index (κ1) is 9.60. The third kappa shape index (κ3) is 1.56. The highest BCUT2D eigenvalue weighted by molar-refractivity contribution is 7.98. The second-order valence-electron chi connectivity index (χ2n) is 4.52. The van der Waals surface area contributed by atoms with Gasteiger partial charge in [0.25, 0.3) is 0 Å². The molecule has 0 bridgehead atoms. The smallest absolute Gasteiger partial charge is 0.148 e. The molecule has 2 heterocycles. The molecule has 3 rings (SSSR count). The molecular weight excluding hydrogens is 206 g/mol. The average Bonchev–Trinajstić information content (AvgIpc) is 2.98. The number of rotatable bonds is 1. The van der Waals surface area contributed by atoms with Crippen LogP contribution in [0.15, 0.2) is 0 Å². The van der Waals surface area contributed by atoms with Crippen molar-refractivity contribution in [3.05, 3.63) is 22.8 Å². The molecule has 1 aliphatic carbocycles. The van der Waals surface area contributed by atoms with Crippen LogP contribution in [0.2, 0.25) is 0 Å². The molecule has 1 aromatic rings. The second-order valence-corrected chi connectivity index (χ2v) is 5.62. The van der Waals surface area contributed by atoms with E-state index < -0.39 is 0 Å². The zero-order valence-electron chi connectivity index (χ0n) is 8.92. The first-order valence-electron chi connectivity index (χ1n) is 5.42. The van der Waals surface area contributed by atoms with Crippen molar-refractivity contribution in [2.24, 2.45) is 5.73 Å². The Labute approximate surface area is 93.9 Å². The molecule has 1 saturated carbocycles. The van der Waals surface area contributed by atoms with E-state index in [4.69, 9.17) is 5.73 Å². The molecule has 1 aromatic heterocycles. The fourth-order valence-electron chi connectivity index (χ4n) is 1.97. The topological polar surface area (TPSA) is 51.8 Å². The van der Waals surface area contributed by atoms with E-state index in [9.17, 15) is 0 Å². The molecule has 0 atom stereocenters. The molecule has 0 spiro atoms. The zero-order valence-corrected chi connectivity index (χ0v) is 9.73. The molecule has 15 heavy (non-hydrogen) atoms. The van der Waals surface area contributed by atoms with Gasteiger partial charge in [-0.25, -0.2) is 9.97 Å². The molecule has 0 amide bonds. The molecule has 0 aromatic carbocycles. The summed E-state index contributed by atoms with van der Waals surface area (Å²) in [5.41, 5.74) is 9.68. The van der Waals surface area contributed by atoms with Crippen LogP contribution in [0.3, 0.4) is 0 Å². The van der Waals surface area contributed by atoms with Crippen molar-refractivity contribution in [2.75, 3.05) is 5.75 Å². The molecule has 0 unspecified atom stereocenters. The third-order valence-corrected chi connectivity index (χ3v) is 4.25. The molecule has 1 aliphatic heterocycles. The number of aryl methyl sites for hydroxylation is 2. The quantitative estimate of drug-likeness (QED) is 0.781. The molecular formula is C11H15N3S. The number of hydrogen-bond acceptors (Lipinski definition) is 4. The predicted octanol–water partition coefficient (Wildman–Crippen LogP) is 1.52. The lowest BCUT2D eigenvalue weighted by Gasteiger charge is -2.19. The Morgan fingerprint density at radius 3 is 2.87 bits per heavy atom. The summed E-state index contributed by atoms with van der Waals surface area (Å²) >= 11 is 1.97. The summed E-state index contributed by atoms with van der Waals surface area (Å²) in [6.45, 7) is 2.08. The average molecular weight is 221 g/mol. The fraction of sp³-hybridized carbons (Fsp3) is 0.636. The van der Waals surface area contributed by atoms with Crippen LogP contribution in [0.5, 0.6) is 0 Å². The number of nitrogens with two attached hydrogens (primary N) is 1. The van der Waals surface area contributed by atoms with Crippen molar-refractivity contribution in [1.29, 1.82) is 0 Å². The molecule has 1 fully saturated rings. The van der Waals surface area contributed by atoms with Crippen molar-refractivity contribution >= 4 is 11.8 Å². The van der Waals surface area contributed by atoms with E-state index in [1.807, 2.05) is 11.8 Å². The van der Waals surface area contributed by atoms with Crippen LogP contribution in [0, 0.1) is 6.92 Å². The van der Waals surface area contributed by atoms with Crippen LogP contribution in [0.25, 0.3) is 0 Å². The highest BCUT2D eigenvalue weighted by atomic mass is 32.2. The van der Waals surface area contributed by atoms with Crippen molar-refractivity contribution in [2.45, 2.75) is 37.5 Å². The molecule has 0 radical (unpaired) electrons. The minimum atomic E-state index is -0.190. The van der Waals surface area contributed by atoms with Crippen LogP contribution >= 0.6 is 11.8 Å². The summed E-state index contributed by atoms with van der Waals surface area (Å²) in [6.07, 6.45) is 3.16. The van der Waals surface area contributed by atoms with Crippen molar-refractivity contribution in [1.82, 2.24) is 9.97 Å². The monoisotopic (exact) mass is 221 g/mol. The summed E-state index contributed by atoms with van der Waals surface area (Å²) in [5.74, 6) is 3.13. The Morgan fingerprint density at radius 1 is 1.33 bits per heavy atom. The molecule has 3 nitrogen and oxygen atoms in total. The van der Waals surface area contributed by atoms with E-state index in [-0.39, 0.29) is 5.54 Å². The first-order chi connectivity index (χ1) is 7.19. The number of thioether (sulfide) groups is 1. The normalized spacial score (nSPS) is 22.3. The highest BCUT2D eigenvalue weighted by Crippen LogP contribution is 2.41. The lowest BCUT2D eigenvalue weighted by molar-refractivity contribution is 0.655. The Balaban J connectivity index is 2.08. The van der Waals surface area contributed by atoms with Crippen molar-refractivity contribution < 1.29 is 0 Å². The van der Waals surface area contributed by atoms with Gasteiger partial charge in [0.1, 0.15) is 5.82 Å². The van der Waals surface area contributed by atoms with Crippen LogP contribution in [0.4, 0.5) is 0 Å². The van der Waals surface area contributed by atoms with Crippen molar-refractivity contribution in [3.8, 4) is 0 Å². The van der Waals surface area contributed by atoms with E-state index in [1.165, 1.54) is 17.0 Å². The van der Waals surface area contributed by atoms with E-state index in [1.54, 1.807) is 0 Å². The Morgan fingerprint density at radius 2 is 2.13 bits per heavy atom. The van der Waals surface area contributed by atoms with Gasteiger partial charge in [-0.05, 0) is 31.9 Å². The van der Waals surface area contributed by atoms with Gasteiger partial charge < -0.3 is 5.73 Å². The third-order valence-electron chi connectivity index (χ3n) is 3.26. The van der Waals surface area contributed by atoms with Crippen LogP contribution in [-0.2, 0) is 17.7 Å².